The van der Waals surface area contributed by atoms with Crippen LogP contribution in [0.5, 0.6) is 5.75 Å². The molecule has 0 radical (unpaired) electrons. The molecule has 1 atom stereocenters. The van der Waals surface area contributed by atoms with Gasteiger partial charge in [-0.05, 0) is 42.5 Å². The number of hydrogen-bond donors (Lipinski definition) is 1. The van der Waals surface area contributed by atoms with E-state index >= 15 is 0 Å². The van der Waals surface area contributed by atoms with Crippen LogP contribution < -0.4 is 15.4 Å². The number of fused-ring (bicyclic) bond motifs is 1. The van der Waals surface area contributed by atoms with E-state index in [-0.39, 0.29) is 17.4 Å². The van der Waals surface area contributed by atoms with Crippen molar-refractivity contribution < 1.29 is 9.53 Å². The molecule has 1 aromatic rings. The summed E-state index contributed by atoms with van der Waals surface area (Å²) in [5.74, 6) is 0.844. The van der Waals surface area contributed by atoms with Crippen LogP contribution in [0.25, 0.3) is 0 Å². The maximum atomic E-state index is 12.5. The van der Waals surface area contributed by atoms with Crippen molar-refractivity contribution in [3.63, 3.8) is 0 Å². The lowest BCUT2D eigenvalue weighted by molar-refractivity contribution is -0.126. The fraction of sp³-hybridized carbons (Fsp3) is 0.588. The molecule has 1 aromatic carbocycles. The molecule has 21 heavy (non-hydrogen) atoms. The predicted molar refractivity (Wildman–Crippen MR) is 85.9 cm³/mol. The molecule has 4 nitrogen and oxygen atoms in total. The van der Waals surface area contributed by atoms with E-state index in [2.05, 4.69) is 32.9 Å². The second kappa shape index (κ2) is 6.06. The number of hydrogen-bond acceptors (Lipinski definition) is 3. The van der Waals surface area contributed by atoms with Crippen LogP contribution in [0.1, 0.15) is 46.1 Å². The standard InChI is InChI=1S/C17H26N2O2/c1-5-14-16(20)19(10-6-9-18)13-11-12(17(2,3)4)7-8-15(13)21-14/h7-8,11,14H,5-6,9-10,18H2,1-4H3. The van der Waals surface area contributed by atoms with Crippen LogP contribution in [0.3, 0.4) is 0 Å². The maximum absolute atomic E-state index is 12.5. The van der Waals surface area contributed by atoms with Crippen molar-refractivity contribution in [1.29, 1.82) is 0 Å². The van der Waals surface area contributed by atoms with Gasteiger partial charge in [0.25, 0.3) is 5.91 Å². The van der Waals surface area contributed by atoms with E-state index in [1.165, 1.54) is 5.56 Å². The second-order valence-electron chi connectivity index (χ2n) is 6.58. The summed E-state index contributed by atoms with van der Waals surface area (Å²) in [6, 6.07) is 6.15. The maximum Gasteiger partial charge on any atom is 0.268 e. The van der Waals surface area contributed by atoms with E-state index in [9.17, 15) is 4.79 Å². The van der Waals surface area contributed by atoms with E-state index in [1.54, 1.807) is 0 Å². The van der Waals surface area contributed by atoms with Gasteiger partial charge in [-0.15, -0.1) is 0 Å². The fourth-order valence-electron chi connectivity index (χ4n) is 2.53. The number of anilines is 1. The van der Waals surface area contributed by atoms with E-state index in [4.69, 9.17) is 10.5 Å². The van der Waals surface area contributed by atoms with Gasteiger partial charge in [0.2, 0.25) is 0 Å². The van der Waals surface area contributed by atoms with Crippen LogP contribution in [-0.2, 0) is 10.2 Å². The number of rotatable bonds is 4. The van der Waals surface area contributed by atoms with Crippen LogP contribution in [0.15, 0.2) is 18.2 Å². The molecule has 0 aromatic heterocycles. The zero-order chi connectivity index (χ0) is 15.6. The van der Waals surface area contributed by atoms with Gasteiger partial charge >= 0.3 is 0 Å². The quantitative estimate of drug-likeness (QED) is 0.927. The zero-order valence-corrected chi connectivity index (χ0v) is 13.5. The number of nitrogens with two attached hydrogens (primary N) is 1. The van der Waals surface area contributed by atoms with Crippen molar-refractivity contribution in [3.8, 4) is 5.75 Å². The molecule has 4 heteroatoms. The molecule has 0 fully saturated rings. The average Bonchev–Trinajstić information content (AvgIpc) is 2.44. The Morgan fingerprint density at radius 3 is 2.62 bits per heavy atom. The summed E-state index contributed by atoms with van der Waals surface area (Å²) in [5, 5.41) is 0. The Hall–Kier alpha value is -1.55. The van der Waals surface area contributed by atoms with E-state index in [0.717, 1.165) is 17.9 Å². The molecule has 1 heterocycles. The van der Waals surface area contributed by atoms with E-state index < -0.39 is 0 Å². The molecule has 0 saturated carbocycles. The molecule has 1 unspecified atom stereocenters. The highest BCUT2D eigenvalue weighted by atomic mass is 16.5. The van der Waals surface area contributed by atoms with Gasteiger partial charge in [0, 0.05) is 6.54 Å². The molecule has 1 aliphatic rings. The van der Waals surface area contributed by atoms with Crippen LogP contribution >= 0.6 is 0 Å². The third-order valence-corrected chi connectivity index (χ3v) is 3.88. The molecule has 0 saturated heterocycles. The van der Waals surface area contributed by atoms with Crippen molar-refractivity contribution >= 4 is 11.6 Å². The monoisotopic (exact) mass is 290 g/mol. The van der Waals surface area contributed by atoms with E-state index in [1.807, 2.05) is 17.9 Å². The first-order valence-electron chi connectivity index (χ1n) is 7.71. The Labute approximate surface area is 127 Å². The number of benzene rings is 1. The van der Waals surface area contributed by atoms with Crippen molar-refractivity contribution in [2.45, 2.75) is 52.1 Å². The van der Waals surface area contributed by atoms with Crippen molar-refractivity contribution in [2.75, 3.05) is 18.0 Å². The Kier molecular flexibility index (Phi) is 4.57. The van der Waals surface area contributed by atoms with Gasteiger partial charge in [0.15, 0.2) is 6.10 Å². The number of ether oxygens (including phenoxy) is 1. The third-order valence-electron chi connectivity index (χ3n) is 3.88. The summed E-state index contributed by atoms with van der Waals surface area (Å²) in [6.07, 6.45) is 1.09. The highest BCUT2D eigenvalue weighted by molar-refractivity contribution is 6.00. The first kappa shape index (κ1) is 15.8. The second-order valence-corrected chi connectivity index (χ2v) is 6.58. The Balaban J connectivity index is 2.43. The van der Waals surface area contributed by atoms with Crippen LogP contribution in [0.2, 0.25) is 0 Å². The van der Waals surface area contributed by atoms with E-state index in [0.29, 0.717) is 19.5 Å². The Bertz CT molecular complexity index is 520. The van der Waals surface area contributed by atoms with Crippen molar-refractivity contribution in [1.82, 2.24) is 0 Å². The van der Waals surface area contributed by atoms with Gasteiger partial charge in [-0.2, -0.15) is 0 Å². The summed E-state index contributed by atoms with van der Waals surface area (Å²) < 4.78 is 5.85. The molecule has 2 rings (SSSR count). The molecule has 116 valence electrons. The van der Waals surface area contributed by atoms with Crippen LogP contribution in [0.4, 0.5) is 5.69 Å². The average molecular weight is 290 g/mol. The van der Waals surface area contributed by atoms with Gasteiger partial charge in [-0.3, -0.25) is 4.79 Å². The van der Waals surface area contributed by atoms with Crippen LogP contribution in [0, 0.1) is 0 Å². The number of carbonyl (C=O) groups excluding carboxylic acids is 1. The predicted octanol–water partition coefficient (Wildman–Crippen LogP) is 2.84. The first-order chi connectivity index (χ1) is 9.88. The lowest BCUT2D eigenvalue weighted by atomic mass is 9.86. The molecular formula is C17H26N2O2. The molecule has 1 amide bonds. The number of carbonyl (C=O) groups is 1. The summed E-state index contributed by atoms with van der Waals surface area (Å²) >= 11 is 0. The minimum absolute atomic E-state index is 0.0409. The minimum atomic E-state index is -0.379. The smallest absolute Gasteiger partial charge is 0.268 e. The van der Waals surface area contributed by atoms with Gasteiger partial charge in [-0.1, -0.05) is 33.8 Å². The normalized spacial score (nSPS) is 18.4. The highest BCUT2D eigenvalue weighted by Gasteiger charge is 2.33. The summed E-state index contributed by atoms with van der Waals surface area (Å²) in [6.45, 7) is 9.70. The van der Waals surface area contributed by atoms with Crippen molar-refractivity contribution in [2.24, 2.45) is 5.73 Å². The summed E-state index contributed by atoms with van der Waals surface area (Å²) in [5.41, 5.74) is 7.73. The molecule has 2 N–H and O–H groups in total. The van der Waals surface area contributed by atoms with Gasteiger partial charge in [-0.25, -0.2) is 0 Å². The third kappa shape index (κ3) is 3.21. The molecule has 1 aliphatic heterocycles. The van der Waals surface area contributed by atoms with Crippen LogP contribution in [-0.4, -0.2) is 25.1 Å². The SMILES string of the molecule is CCC1Oc2ccc(C(C)(C)C)cc2N(CCCN)C1=O. The first-order valence-corrected chi connectivity index (χ1v) is 7.71. The molecule has 0 aliphatic carbocycles. The fourth-order valence-corrected chi connectivity index (χ4v) is 2.53. The lowest BCUT2D eigenvalue weighted by Crippen LogP contribution is -2.46. The number of amides is 1. The Morgan fingerprint density at radius 2 is 2.05 bits per heavy atom. The van der Waals surface area contributed by atoms with Gasteiger partial charge in [0.05, 0.1) is 5.69 Å². The molecular weight excluding hydrogens is 264 g/mol. The minimum Gasteiger partial charge on any atom is -0.478 e. The largest absolute Gasteiger partial charge is 0.478 e. The van der Waals surface area contributed by atoms with Gasteiger partial charge < -0.3 is 15.4 Å². The number of nitrogens with zero attached hydrogens (tertiary/aromatic N) is 1. The van der Waals surface area contributed by atoms with Crippen molar-refractivity contribution in [3.05, 3.63) is 23.8 Å². The van der Waals surface area contributed by atoms with Gasteiger partial charge in [0.1, 0.15) is 5.75 Å². The zero-order valence-electron chi connectivity index (χ0n) is 13.5. The molecule has 0 spiro atoms. The topological polar surface area (TPSA) is 55.6 Å². The Morgan fingerprint density at radius 1 is 1.33 bits per heavy atom. The lowest BCUT2D eigenvalue weighted by Gasteiger charge is -2.35. The summed E-state index contributed by atoms with van der Waals surface area (Å²) in [7, 11) is 0. The summed E-state index contributed by atoms with van der Waals surface area (Å²) in [4.78, 5) is 14.4. The molecule has 0 bridgehead atoms. The highest BCUT2D eigenvalue weighted by Crippen LogP contribution is 2.38.